The van der Waals surface area contributed by atoms with Gasteiger partial charge >= 0.3 is 0 Å². The van der Waals surface area contributed by atoms with Gasteiger partial charge in [0.15, 0.2) is 4.96 Å². The maximum absolute atomic E-state index is 13.7. The first-order chi connectivity index (χ1) is 14.7. The van der Waals surface area contributed by atoms with Gasteiger partial charge in [0.1, 0.15) is 11.7 Å². The summed E-state index contributed by atoms with van der Waals surface area (Å²) in [5.74, 6) is -0.00129. The molecule has 1 aromatic carbocycles. The number of imidazole rings is 1. The van der Waals surface area contributed by atoms with Gasteiger partial charge in [-0.2, -0.15) is 0 Å². The van der Waals surface area contributed by atoms with Crippen molar-refractivity contribution in [2.75, 3.05) is 6.54 Å². The number of hydrogen-bond acceptors (Lipinski definition) is 4. The Hall–Kier alpha value is -3.45. The molecule has 1 atom stereocenters. The Bertz CT molecular complexity index is 1400. The number of para-hydroxylation sites is 1. The summed E-state index contributed by atoms with van der Waals surface area (Å²) < 4.78 is 1.90. The monoisotopic (exact) mass is 413 g/mol. The average molecular weight is 414 g/mol. The minimum atomic E-state index is -0.255. The summed E-state index contributed by atoms with van der Waals surface area (Å²) in [4.78, 5) is 29.2. The van der Waals surface area contributed by atoms with Crippen LogP contribution in [0.4, 0.5) is 0 Å². The molecule has 0 unspecified atom stereocenters. The molecule has 0 spiro atoms. The highest BCUT2D eigenvalue weighted by molar-refractivity contribution is 7.15. The molecule has 0 fully saturated rings. The van der Waals surface area contributed by atoms with E-state index in [9.17, 15) is 4.79 Å². The number of hydrogen-bond donors (Lipinski definition) is 1. The molecular formula is C23H19N5OS. The van der Waals surface area contributed by atoms with Crippen molar-refractivity contribution in [1.82, 2.24) is 24.3 Å². The second-order valence-corrected chi connectivity index (χ2v) is 8.46. The lowest BCUT2D eigenvalue weighted by atomic mass is 9.94. The second kappa shape index (κ2) is 6.53. The van der Waals surface area contributed by atoms with Crippen LogP contribution >= 0.6 is 11.3 Å². The van der Waals surface area contributed by atoms with Gasteiger partial charge in [-0.25, -0.2) is 4.98 Å². The fourth-order valence-electron chi connectivity index (χ4n) is 4.50. The van der Waals surface area contributed by atoms with E-state index in [1.54, 1.807) is 6.20 Å². The number of carbonyl (C=O) groups is 1. The predicted octanol–water partition coefficient (Wildman–Crippen LogP) is 4.37. The third kappa shape index (κ3) is 2.52. The third-order valence-electron chi connectivity index (χ3n) is 5.81. The van der Waals surface area contributed by atoms with E-state index in [0.717, 1.165) is 34.0 Å². The zero-order valence-corrected chi connectivity index (χ0v) is 17.2. The molecule has 0 radical (unpaired) electrons. The topological polar surface area (TPSA) is 66.3 Å². The van der Waals surface area contributed by atoms with Gasteiger partial charge in [0.2, 0.25) is 0 Å². The van der Waals surface area contributed by atoms with Crippen LogP contribution in [0.3, 0.4) is 0 Å². The third-order valence-corrected chi connectivity index (χ3v) is 6.65. The molecular weight excluding hydrogens is 394 g/mol. The highest BCUT2D eigenvalue weighted by Gasteiger charge is 2.36. The lowest BCUT2D eigenvalue weighted by Crippen LogP contribution is -2.41. The van der Waals surface area contributed by atoms with Gasteiger partial charge in [0.25, 0.3) is 5.91 Å². The molecule has 7 heteroatoms. The van der Waals surface area contributed by atoms with E-state index in [1.165, 1.54) is 22.3 Å². The zero-order chi connectivity index (χ0) is 20.2. The standard InChI is InChI=1S/C23H19N5OS/c1-14-12-28-19(13-30-23(28)25-14)22(29)27-11-9-16-15-6-2-3-7-17(15)26-20(16)21(27)18-8-4-5-10-24-18/h2-8,10,12-13,21,26H,9,11H2,1H3/t21-/m0/s1. The zero-order valence-electron chi connectivity index (χ0n) is 16.4. The van der Waals surface area contributed by atoms with Gasteiger partial charge in [0.05, 0.1) is 11.4 Å². The normalized spacial score (nSPS) is 16.3. The van der Waals surface area contributed by atoms with Gasteiger partial charge in [-0.15, -0.1) is 11.3 Å². The van der Waals surface area contributed by atoms with Crippen LogP contribution < -0.4 is 0 Å². The quantitative estimate of drug-likeness (QED) is 0.467. The van der Waals surface area contributed by atoms with Crippen molar-refractivity contribution in [3.05, 3.63) is 88.6 Å². The van der Waals surface area contributed by atoms with Gasteiger partial charge in [-0.05, 0) is 37.1 Å². The number of aromatic amines is 1. The molecule has 5 aromatic rings. The van der Waals surface area contributed by atoms with Crippen molar-refractivity contribution in [3.63, 3.8) is 0 Å². The molecule has 1 N–H and O–H groups in total. The fraction of sp³-hybridized carbons (Fsp3) is 0.174. The van der Waals surface area contributed by atoms with Crippen LogP contribution in [0.15, 0.2) is 60.2 Å². The Morgan fingerprint density at radius 3 is 2.93 bits per heavy atom. The summed E-state index contributed by atoms with van der Waals surface area (Å²) in [6.45, 7) is 2.59. The largest absolute Gasteiger partial charge is 0.356 e. The molecule has 1 amide bonds. The van der Waals surface area contributed by atoms with Crippen LogP contribution in [0.2, 0.25) is 0 Å². The Morgan fingerprint density at radius 1 is 1.20 bits per heavy atom. The number of pyridine rings is 1. The lowest BCUT2D eigenvalue weighted by molar-refractivity contribution is 0.0682. The van der Waals surface area contributed by atoms with Crippen molar-refractivity contribution >= 4 is 33.1 Å². The number of aryl methyl sites for hydroxylation is 1. The van der Waals surface area contributed by atoms with E-state index in [-0.39, 0.29) is 11.9 Å². The van der Waals surface area contributed by atoms with Crippen molar-refractivity contribution in [1.29, 1.82) is 0 Å². The molecule has 0 bridgehead atoms. The molecule has 0 saturated carbocycles. The van der Waals surface area contributed by atoms with Crippen LogP contribution in [0.5, 0.6) is 0 Å². The van der Waals surface area contributed by atoms with Crippen LogP contribution in [-0.2, 0) is 6.42 Å². The average Bonchev–Trinajstić information content (AvgIpc) is 3.44. The summed E-state index contributed by atoms with van der Waals surface area (Å²) in [5, 5.41) is 3.13. The Balaban J connectivity index is 1.52. The SMILES string of the molecule is Cc1cn2c(C(=O)N3CCc4c([nH]c5ccccc45)[C@@H]3c3ccccn3)csc2n1. The molecule has 30 heavy (non-hydrogen) atoms. The molecule has 148 valence electrons. The number of carbonyl (C=O) groups excluding carboxylic acids is 1. The second-order valence-electron chi connectivity index (χ2n) is 7.62. The van der Waals surface area contributed by atoms with E-state index < -0.39 is 0 Å². The van der Waals surface area contributed by atoms with Crippen molar-refractivity contribution in [2.45, 2.75) is 19.4 Å². The molecule has 5 heterocycles. The Morgan fingerprint density at radius 2 is 2.07 bits per heavy atom. The number of aromatic nitrogens is 4. The summed E-state index contributed by atoms with van der Waals surface area (Å²) in [5.41, 5.74) is 5.86. The summed E-state index contributed by atoms with van der Waals surface area (Å²) >= 11 is 1.49. The number of nitrogens with one attached hydrogen (secondary N) is 1. The first-order valence-electron chi connectivity index (χ1n) is 9.95. The van der Waals surface area contributed by atoms with E-state index >= 15 is 0 Å². The van der Waals surface area contributed by atoms with Crippen molar-refractivity contribution in [2.24, 2.45) is 0 Å². The first-order valence-corrected chi connectivity index (χ1v) is 10.8. The smallest absolute Gasteiger partial charge is 0.272 e. The van der Waals surface area contributed by atoms with Gasteiger partial charge in [-0.1, -0.05) is 24.3 Å². The number of amides is 1. The van der Waals surface area contributed by atoms with Crippen LogP contribution in [0.1, 0.15) is 39.2 Å². The first kappa shape index (κ1) is 17.4. The Kier molecular flexibility index (Phi) is 3.79. The molecule has 6 rings (SSSR count). The summed E-state index contributed by atoms with van der Waals surface area (Å²) in [6.07, 6.45) is 4.52. The summed E-state index contributed by atoms with van der Waals surface area (Å²) in [6, 6.07) is 14.0. The van der Waals surface area contributed by atoms with Crippen LogP contribution in [0, 0.1) is 6.92 Å². The Labute approximate surface area is 176 Å². The van der Waals surface area contributed by atoms with E-state index in [0.29, 0.717) is 12.2 Å². The van der Waals surface area contributed by atoms with Gasteiger partial charge in [-0.3, -0.25) is 14.2 Å². The van der Waals surface area contributed by atoms with Crippen molar-refractivity contribution < 1.29 is 4.79 Å². The highest BCUT2D eigenvalue weighted by Crippen LogP contribution is 2.38. The maximum Gasteiger partial charge on any atom is 0.272 e. The lowest BCUT2D eigenvalue weighted by Gasteiger charge is -2.35. The van der Waals surface area contributed by atoms with Gasteiger partial charge < -0.3 is 9.88 Å². The van der Waals surface area contributed by atoms with Crippen LogP contribution in [0.25, 0.3) is 15.9 Å². The van der Waals surface area contributed by atoms with Crippen LogP contribution in [-0.4, -0.2) is 36.7 Å². The number of fused-ring (bicyclic) bond motifs is 4. The molecule has 6 nitrogen and oxygen atoms in total. The molecule has 0 saturated heterocycles. The van der Waals surface area contributed by atoms with E-state index in [2.05, 4.69) is 33.2 Å². The number of benzene rings is 1. The molecule has 0 aliphatic carbocycles. The number of rotatable bonds is 2. The number of thiazole rings is 1. The molecule has 1 aliphatic heterocycles. The van der Waals surface area contributed by atoms with Crippen molar-refractivity contribution in [3.8, 4) is 0 Å². The predicted molar refractivity (Wildman–Crippen MR) is 117 cm³/mol. The molecule has 1 aliphatic rings. The maximum atomic E-state index is 13.7. The number of H-pyrrole nitrogens is 1. The minimum Gasteiger partial charge on any atom is -0.356 e. The van der Waals surface area contributed by atoms with E-state index in [1.807, 2.05) is 52.1 Å². The van der Waals surface area contributed by atoms with Gasteiger partial charge in [0, 0.05) is 40.9 Å². The van der Waals surface area contributed by atoms with E-state index in [4.69, 9.17) is 0 Å². The fourth-order valence-corrected chi connectivity index (χ4v) is 5.39. The highest BCUT2D eigenvalue weighted by atomic mass is 32.1. The molecule has 4 aromatic heterocycles. The number of nitrogens with zero attached hydrogens (tertiary/aromatic N) is 4. The summed E-state index contributed by atoms with van der Waals surface area (Å²) in [7, 11) is 0. The minimum absolute atomic E-state index is 0.00129.